The summed E-state index contributed by atoms with van der Waals surface area (Å²) in [6.45, 7) is 5.56. The molecule has 1 atom stereocenters. The predicted molar refractivity (Wildman–Crippen MR) is 158 cm³/mol. The van der Waals surface area contributed by atoms with Gasteiger partial charge in [-0.15, -0.1) is 0 Å². The summed E-state index contributed by atoms with van der Waals surface area (Å²) in [5, 5.41) is 5.89. The van der Waals surface area contributed by atoms with E-state index in [1.54, 1.807) is 11.3 Å². The summed E-state index contributed by atoms with van der Waals surface area (Å²) in [6, 6.07) is 14.9. The number of nitrogens with one attached hydrogen (secondary N) is 2. The van der Waals surface area contributed by atoms with Gasteiger partial charge in [-0.2, -0.15) is 0 Å². The molecule has 8 nitrogen and oxygen atoms in total. The molecule has 0 aliphatic heterocycles. The van der Waals surface area contributed by atoms with E-state index in [4.69, 9.17) is 9.47 Å². The molecule has 2 amide bonds. The fourth-order valence-corrected chi connectivity index (χ4v) is 5.20. The van der Waals surface area contributed by atoms with E-state index in [9.17, 15) is 18.4 Å². The van der Waals surface area contributed by atoms with Crippen molar-refractivity contribution in [3.8, 4) is 5.75 Å². The van der Waals surface area contributed by atoms with Crippen LogP contribution in [-0.2, 0) is 18.0 Å². The van der Waals surface area contributed by atoms with Gasteiger partial charge in [0, 0.05) is 12.7 Å². The Bertz CT molecular complexity index is 1600. The number of carbonyl (C=O) groups excluding carboxylic acids is 2. The fraction of sp³-hybridized carbons (Fsp3) is 0.364. The molecule has 2 aromatic carbocycles. The Kier molecular flexibility index (Phi) is 8.94. The van der Waals surface area contributed by atoms with Gasteiger partial charge in [0.25, 0.3) is 5.91 Å². The highest BCUT2D eigenvalue weighted by atomic mass is 19.1. The molecule has 0 bridgehead atoms. The lowest BCUT2D eigenvalue weighted by Gasteiger charge is -2.30. The Morgan fingerprint density at radius 3 is 2.47 bits per heavy atom. The quantitative estimate of drug-likeness (QED) is 0.194. The van der Waals surface area contributed by atoms with Gasteiger partial charge in [0.2, 0.25) is 0 Å². The number of imidazole rings is 1. The molecule has 2 aromatic heterocycles. The standard InChI is InChI=1S/C33H36F2N4O4/c1-4-15-33(3,38-32(41)43-18-22-9-6-5-7-10-22)20-36-31(40)29-21(2)37-30-28(16-24(17-39(29)30)23-13-14-23)42-19-25-26(34)11-8-12-27(25)35/h5-12,16-17,23H,4,13-15,18-20H2,1-3H3,(H,36,40)(H,38,41). The maximum Gasteiger partial charge on any atom is 0.407 e. The number of hydrogen-bond acceptors (Lipinski definition) is 5. The van der Waals surface area contributed by atoms with E-state index in [1.807, 2.05) is 56.4 Å². The van der Waals surface area contributed by atoms with Crippen LogP contribution >= 0.6 is 0 Å². The van der Waals surface area contributed by atoms with E-state index in [1.165, 1.54) is 18.2 Å². The molecule has 5 rings (SSSR count). The molecular weight excluding hydrogens is 554 g/mol. The first-order chi connectivity index (χ1) is 20.7. The molecule has 1 aliphatic carbocycles. The number of ether oxygens (including phenoxy) is 2. The Morgan fingerprint density at radius 2 is 1.79 bits per heavy atom. The van der Waals surface area contributed by atoms with Crippen LogP contribution in [0.4, 0.5) is 13.6 Å². The summed E-state index contributed by atoms with van der Waals surface area (Å²) < 4.78 is 41.6. The van der Waals surface area contributed by atoms with Crippen LogP contribution in [0.15, 0.2) is 60.8 Å². The number of alkyl carbamates (subject to hydrolysis) is 1. The van der Waals surface area contributed by atoms with Crippen LogP contribution in [-0.4, -0.2) is 33.5 Å². The number of hydrogen-bond donors (Lipinski definition) is 2. The van der Waals surface area contributed by atoms with E-state index in [2.05, 4.69) is 15.6 Å². The van der Waals surface area contributed by atoms with Crippen molar-refractivity contribution in [3.05, 3.63) is 101 Å². The van der Waals surface area contributed by atoms with Crippen molar-refractivity contribution in [1.82, 2.24) is 20.0 Å². The van der Waals surface area contributed by atoms with Crippen LogP contribution in [0, 0.1) is 18.6 Å². The minimum Gasteiger partial charge on any atom is -0.485 e. The normalized spacial score (nSPS) is 14.3. The molecule has 1 unspecified atom stereocenters. The number of benzene rings is 2. The summed E-state index contributed by atoms with van der Waals surface area (Å²) in [4.78, 5) is 30.8. The van der Waals surface area contributed by atoms with Crippen molar-refractivity contribution in [3.63, 3.8) is 0 Å². The average molecular weight is 591 g/mol. The van der Waals surface area contributed by atoms with E-state index in [0.717, 1.165) is 30.4 Å². The highest BCUT2D eigenvalue weighted by Gasteiger charge is 2.30. The van der Waals surface area contributed by atoms with Crippen LogP contribution in [0.3, 0.4) is 0 Å². The highest BCUT2D eigenvalue weighted by Crippen LogP contribution is 2.42. The Hall–Kier alpha value is -4.47. The maximum atomic E-state index is 14.3. The molecule has 2 heterocycles. The van der Waals surface area contributed by atoms with Gasteiger partial charge in [-0.05, 0) is 68.4 Å². The van der Waals surface area contributed by atoms with Crippen molar-refractivity contribution in [2.24, 2.45) is 0 Å². The van der Waals surface area contributed by atoms with Crippen LogP contribution < -0.4 is 15.4 Å². The molecule has 4 aromatic rings. The number of aryl methyl sites for hydroxylation is 1. The molecule has 43 heavy (non-hydrogen) atoms. The van der Waals surface area contributed by atoms with Crippen LogP contribution in [0.25, 0.3) is 5.65 Å². The lowest BCUT2D eigenvalue weighted by atomic mass is 9.96. The van der Waals surface area contributed by atoms with Crippen molar-refractivity contribution < 1.29 is 27.8 Å². The molecular formula is C33H36F2N4O4. The largest absolute Gasteiger partial charge is 0.485 e. The van der Waals surface area contributed by atoms with Crippen molar-refractivity contribution in [2.75, 3.05) is 6.54 Å². The molecule has 10 heteroatoms. The topological polar surface area (TPSA) is 94.0 Å². The molecule has 0 radical (unpaired) electrons. The molecule has 226 valence electrons. The van der Waals surface area contributed by atoms with Gasteiger partial charge in [-0.25, -0.2) is 18.6 Å². The number of carbonyl (C=O) groups is 2. The van der Waals surface area contributed by atoms with Gasteiger partial charge in [0.1, 0.15) is 30.5 Å². The lowest BCUT2D eigenvalue weighted by molar-refractivity contribution is 0.0921. The first kappa shape index (κ1) is 30.0. The second-order valence-electron chi connectivity index (χ2n) is 11.3. The van der Waals surface area contributed by atoms with Gasteiger partial charge in [0.15, 0.2) is 11.4 Å². The van der Waals surface area contributed by atoms with Crippen molar-refractivity contribution >= 4 is 17.6 Å². The zero-order valence-electron chi connectivity index (χ0n) is 24.6. The molecule has 0 saturated heterocycles. The Labute approximate surface area is 249 Å². The van der Waals surface area contributed by atoms with Gasteiger partial charge in [-0.1, -0.05) is 49.7 Å². The van der Waals surface area contributed by atoms with Gasteiger partial charge in [-0.3, -0.25) is 9.20 Å². The van der Waals surface area contributed by atoms with Crippen molar-refractivity contribution in [1.29, 1.82) is 0 Å². The zero-order chi connectivity index (χ0) is 30.6. The van der Waals surface area contributed by atoms with E-state index in [-0.39, 0.29) is 31.2 Å². The SMILES string of the molecule is CCCC(C)(CNC(=O)c1c(C)nc2c(OCc3c(F)cccc3F)cc(C3CC3)cn12)NC(=O)OCc1ccccc1. The summed E-state index contributed by atoms with van der Waals surface area (Å²) in [7, 11) is 0. The monoisotopic (exact) mass is 590 g/mol. The van der Waals surface area contributed by atoms with E-state index < -0.39 is 23.3 Å². The summed E-state index contributed by atoms with van der Waals surface area (Å²) in [6.07, 6.45) is 4.70. The van der Waals surface area contributed by atoms with Crippen LogP contribution in [0.2, 0.25) is 0 Å². The number of halogens is 2. The van der Waals surface area contributed by atoms with Crippen molar-refractivity contribution in [2.45, 2.75) is 71.1 Å². The number of nitrogens with zero attached hydrogens (tertiary/aromatic N) is 2. The molecule has 1 fully saturated rings. The second-order valence-corrected chi connectivity index (χ2v) is 11.3. The molecule has 0 spiro atoms. The first-order valence-electron chi connectivity index (χ1n) is 14.5. The summed E-state index contributed by atoms with van der Waals surface area (Å²) >= 11 is 0. The van der Waals surface area contributed by atoms with E-state index in [0.29, 0.717) is 35.1 Å². The number of amides is 2. The predicted octanol–water partition coefficient (Wildman–Crippen LogP) is 6.59. The molecule has 1 saturated carbocycles. The van der Waals surface area contributed by atoms with Gasteiger partial charge in [0.05, 0.1) is 16.8 Å². The number of aromatic nitrogens is 2. The third-order valence-corrected chi connectivity index (χ3v) is 7.64. The lowest BCUT2D eigenvalue weighted by Crippen LogP contribution is -2.53. The van der Waals surface area contributed by atoms with Gasteiger partial charge >= 0.3 is 6.09 Å². The Balaban J connectivity index is 1.33. The second kappa shape index (κ2) is 12.8. The Morgan fingerprint density at radius 1 is 1.07 bits per heavy atom. The third kappa shape index (κ3) is 7.13. The number of rotatable bonds is 12. The smallest absolute Gasteiger partial charge is 0.407 e. The molecule has 1 aliphatic rings. The van der Waals surface area contributed by atoms with Gasteiger partial charge < -0.3 is 20.1 Å². The molecule has 2 N–H and O–H groups in total. The minimum absolute atomic E-state index is 0.138. The van der Waals surface area contributed by atoms with Crippen LogP contribution in [0.1, 0.15) is 78.3 Å². The minimum atomic E-state index is -0.760. The third-order valence-electron chi connectivity index (χ3n) is 7.64. The maximum absolute atomic E-state index is 14.3. The highest BCUT2D eigenvalue weighted by molar-refractivity contribution is 5.95. The number of pyridine rings is 1. The summed E-state index contributed by atoms with van der Waals surface area (Å²) in [5.74, 6) is -1.10. The first-order valence-corrected chi connectivity index (χ1v) is 14.5. The fourth-order valence-electron chi connectivity index (χ4n) is 5.20. The van der Waals surface area contributed by atoms with Crippen LogP contribution in [0.5, 0.6) is 5.75 Å². The number of fused-ring (bicyclic) bond motifs is 1. The van der Waals surface area contributed by atoms with E-state index >= 15 is 0 Å². The summed E-state index contributed by atoms with van der Waals surface area (Å²) in [5.41, 5.74) is 2.07. The average Bonchev–Trinajstić information content (AvgIpc) is 3.77. The zero-order valence-corrected chi connectivity index (χ0v) is 24.6.